The maximum Gasteiger partial charge on any atom is 0.330 e. The molecule has 1 aliphatic heterocycles. The molecular weight excluding hydrogens is 404 g/mol. The normalized spacial score (nSPS) is 24.4. The van der Waals surface area contributed by atoms with Crippen LogP contribution in [0.1, 0.15) is 58.9 Å². The Balaban J connectivity index is 2.36. The molecule has 0 radical (unpaired) electrons. The molecule has 0 aliphatic carbocycles. The lowest BCUT2D eigenvalue weighted by atomic mass is 10.0. The van der Waals surface area contributed by atoms with E-state index in [9.17, 15) is 14.4 Å². The van der Waals surface area contributed by atoms with E-state index in [1.165, 1.54) is 0 Å². The third-order valence-corrected chi connectivity index (χ3v) is 7.83. The van der Waals surface area contributed by atoms with Crippen LogP contribution in [0.3, 0.4) is 0 Å². The van der Waals surface area contributed by atoms with Crippen molar-refractivity contribution in [2.45, 2.75) is 96.6 Å². The van der Waals surface area contributed by atoms with Gasteiger partial charge < -0.3 is 14.2 Å². The Hall–Kier alpha value is -1.71. The Morgan fingerprint density at radius 2 is 2.03 bits per heavy atom. The van der Waals surface area contributed by atoms with E-state index in [2.05, 4.69) is 18.1 Å². The van der Waals surface area contributed by atoms with Crippen LogP contribution in [0.25, 0.3) is 0 Å². The number of ether oxygens (including phenoxy) is 3. The monoisotopic (exact) mass is 440 g/mol. The maximum absolute atomic E-state index is 12.7. The summed E-state index contributed by atoms with van der Waals surface area (Å²) in [5.41, 5.74) is -0.767. The number of carbonyl (C=O) groups excluding carboxylic acids is 1. The largest absolute Gasteiger partial charge is 0.466 e. The number of aromatic nitrogens is 2. The molecule has 0 aromatic carbocycles. The van der Waals surface area contributed by atoms with Gasteiger partial charge in [-0.15, -0.1) is 0 Å². The molecule has 2 heterocycles. The highest BCUT2D eigenvalue weighted by atomic mass is 28.3. The van der Waals surface area contributed by atoms with E-state index in [0.29, 0.717) is 37.9 Å². The first kappa shape index (κ1) is 24.6. The van der Waals surface area contributed by atoms with Crippen LogP contribution in [0.15, 0.2) is 15.8 Å². The Labute approximate surface area is 179 Å². The number of nitrogens with one attached hydrogen (secondary N) is 1. The molecule has 1 aromatic rings. The SMILES string of the molecule is CCOC(=O)CCC[C@H]1O[C@](n2cc(C)c(=O)[nH]c2=O)([SiH](C)C)C[C@@H]1OC(C)(C)C. The van der Waals surface area contributed by atoms with E-state index in [1.807, 2.05) is 20.8 Å². The van der Waals surface area contributed by atoms with Crippen molar-refractivity contribution in [1.82, 2.24) is 9.55 Å². The van der Waals surface area contributed by atoms with Crippen LogP contribution in [-0.4, -0.2) is 48.7 Å². The molecule has 0 bridgehead atoms. The summed E-state index contributed by atoms with van der Waals surface area (Å²) in [7, 11) is -1.61. The molecule has 1 fully saturated rings. The lowest BCUT2D eigenvalue weighted by Gasteiger charge is -2.34. The fraction of sp³-hybridized carbons (Fsp3) is 0.762. The van der Waals surface area contributed by atoms with Gasteiger partial charge in [0.15, 0.2) is 0 Å². The summed E-state index contributed by atoms with van der Waals surface area (Å²) < 4.78 is 19.5. The van der Waals surface area contributed by atoms with E-state index in [-0.39, 0.29) is 29.3 Å². The van der Waals surface area contributed by atoms with Crippen LogP contribution in [-0.2, 0) is 24.4 Å². The van der Waals surface area contributed by atoms with E-state index in [4.69, 9.17) is 14.2 Å². The fourth-order valence-corrected chi connectivity index (χ4v) is 5.85. The van der Waals surface area contributed by atoms with Gasteiger partial charge in [-0.1, -0.05) is 13.1 Å². The number of carbonyl (C=O) groups is 1. The second-order valence-electron chi connectivity index (χ2n) is 9.27. The van der Waals surface area contributed by atoms with Gasteiger partial charge in [0.1, 0.15) is 5.35 Å². The number of aryl methyl sites for hydroxylation is 1. The Morgan fingerprint density at radius 1 is 1.37 bits per heavy atom. The second kappa shape index (κ2) is 9.61. The van der Waals surface area contributed by atoms with Crippen LogP contribution in [0, 0.1) is 6.92 Å². The third kappa shape index (κ3) is 5.70. The lowest BCUT2D eigenvalue weighted by Crippen LogP contribution is -2.52. The van der Waals surface area contributed by atoms with Crippen LogP contribution >= 0.6 is 0 Å². The molecule has 8 nitrogen and oxygen atoms in total. The molecule has 0 amide bonds. The van der Waals surface area contributed by atoms with Gasteiger partial charge in [0.25, 0.3) is 5.56 Å². The minimum Gasteiger partial charge on any atom is -0.466 e. The summed E-state index contributed by atoms with van der Waals surface area (Å²) in [5.74, 6) is -0.222. The summed E-state index contributed by atoms with van der Waals surface area (Å²) in [5, 5.41) is -0.809. The molecule has 2 rings (SSSR count). The predicted molar refractivity (Wildman–Crippen MR) is 118 cm³/mol. The molecule has 3 atom stereocenters. The third-order valence-electron chi connectivity index (χ3n) is 5.37. The molecule has 170 valence electrons. The first-order valence-corrected chi connectivity index (χ1v) is 13.6. The van der Waals surface area contributed by atoms with Crippen LogP contribution in [0.4, 0.5) is 0 Å². The van der Waals surface area contributed by atoms with Crippen molar-refractivity contribution >= 4 is 14.8 Å². The molecule has 0 saturated carbocycles. The number of H-pyrrole nitrogens is 1. The van der Waals surface area contributed by atoms with Crippen molar-refractivity contribution < 1.29 is 19.0 Å². The first-order chi connectivity index (χ1) is 13.9. The molecule has 1 N–H and O–H groups in total. The highest BCUT2D eigenvalue weighted by molar-refractivity contribution is 6.58. The van der Waals surface area contributed by atoms with Crippen molar-refractivity contribution in [2.75, 3.05) is 6.61 Å². The number of hydrogen-bond donors (Lipinski definition) is 1. The summed E-state index contributed by atoms with van der Waals surface area (Å²) >= 11 is 0. The fourth-order valence-electron chi connectivity index (χ4n) is 3.96. The highest BCUT2D eigenvalue weighted by Gasteiger charge is 2.51. The van der Waals surface area contributed by atoms with Crippen molar-refractivity contribution in [2.24, 2.45) is 0 Å². The second-order valence-corrected chi connectivity index (χ2v) is 12.5. The number of aromatic amines is 1. The Kier molecular flexibility index (Phi) is 7.87. The van der Waals surface area contributed by atoms with Gasteiger partial charge in [-0.3, -0.25) is 19.1 Å². The smallest absolute Gasteiger partial charge is 0.330 e. The highest BCUT2D eigenvalue weighted by Crippen LogP contribution is 2.41. The Morgan fingerprint density at radius 3 is 2.60 bits per heavy atom. The zero-order valence-corrected chi connectivity index (χ0v) is 20.4. The van der Waals surface area contributed by atoms with Crippen molar-refractivity contribution in [3.05, 3.63) is 32.6 Å². The summed E-state index contributed by atoms with van der Waals surface area (Å²) in [4.78, 5) is 38.7. The standard InChI is InChI=1S/C21H36N2O6Si/c1-8-27-17(24)11-9-10-15-16(28-20(3,4)5)12-21(29-15,30(6)7)23-13-14(2)18(25)22-19(23)26/h13,15-16,30H,8-12H2,1-7H3,(H,22,25,26)/t15-,16+,21+/m1/s1. The average Bonchev–Trinajstić information content (AvgIpc) is 2.96. The lowest BCUT2D eigenvalue weighted by molar-refractivity contribution is -0.143. The summed E-state index contributed by atoms with van der Waals surface area (Å²) in [6.07, 6.45) is 3.21. The van der Waals surface area contributed by atoms with Gasteiger partial charge in [0.05, 0.1) is 33.2 Å². The minimum atomic E-state index is -1.61. The van der Waals surface area contributed by atoms with E-state index in [0.717, 1.165) is 0 Å². The van der Waals surface area contributed by atoms with Crippen LogP contribution in [0.5, 0.6) is 0 Å². The zero-order chi connectivity index (χ0) is 22.7. The van der Waals surface area contributed by atoms with Gasteiger partial charge in [-0.2, -0.15) is 0 Å². The average molecular weight is 441 g/mol. The minimum absolute atomic E-state index is 0.221. The van der Waals surface area contributed by atoms with Crippen molar-refractivity contribution in [3.8, 4) is 0 Å². The zero-order valence-electron chi connectivity index (χ0n) is 19.2. The van der Waals surface area contributed by atoms with E-state index >= 15 is 0 Å². The summed E-state index contributed by atoms with van der Waals surface area (Å²) in [6, 6.07) is 0. The van der Waals surface area contributed by atoms with Crippen LogP contribution < -0.4 is 11.2 Å². The molecule has 0 unspecified atom stereocenters. The van der Waals surface area contributed by atoms with Gasteiger partial charge in [0.2, 0.25) is 0 Å². The van der Waals surface area contributed by atoms with Gasteiger partial charge in [-0.25, -0.2) is 4.79 Å². The quantitative estimate of drug-likeness (QED) is 0.492. The van der Waals surface area contributed by atoms with Gasteiger partial charge in [-0.05, 0) is 47.5 Å². The number of hydrogen-bond acceptors (Lipinski definition) is 6. The molecular formula is C21H36N2O6Si. The molecule has 1 aromatic heterocycles. The van der Waals surface area contributed by atoms with Gasteiger partial charge in [0, 0.05) is 24.6 Å². The topological polar surface area (TPSA) is 99.6 Å². The summed E-state index contributed by atoms with van der Waals surface area (Å²) in [6.45, 7) is 14.1. The van der Waals surface area contributed by atoms with E-state index in [1.54, 1.807) is 24.6 Å². The number of esters is 1. The molecule has 1 aliphatic rings. The van der Waals surface area contributed by atoms with Crippen molar-refractivity contribution in [3.63, 3.8) is 0 Å². The van der Waals surface area contributed by atoms with Gasteiger partial charge >= 0.3 is 11.7 Å². The first-order valence-electron chi connectivity index (χ1n) is 10.7. The maximum atomic E-state index is 12.7. The molecule has 30 heavy (non-hydrogen) atoms. The molecule has 1 saturated heterocycles. The van der Waals surface area contributed by atoms with E-state index < -0.39 is 19.8 Å². The number of nitrogens with zero attached hydrogens (tertiary/aromatic N) is 1. The van der Waals surface area contributed by atoms with Crippen LogP contribution in [0.2, 0.25) is 13.1 Å². The molecule has 0 spiro atoms. The molecule has 9 heteroatoms. The number of rotatable bonds is 8. The van der Waals surface area contributed by atoms with Crippen molar-refractivity contribution in [1.29, 1.82) is 0 Å². The Bertz CT molecular complexity index is 856. The predicted octanol–water partition coefficient (Wildman–Crippen LogP) is 2.23.